The van der Waals surface area contributed by atoms with Crippen LogP contribution in [0, 0.1) is 11.6 Å². The number of benzene rings is 1. The molecule has 1 aromatic rings. The van der Waals surface area contributed by atoms with E-state index in [0.29, 0.717) is 0 Å². The highest BCUT2D eigenvalue weighted by atomic mass is 19.2. The molecule has 0 aliphatic rings. The van der Waals surface area contributed by atoms with E-state index in [1.807, 2.05) is 0 Å². The van der Waals surface area contributed by atoms with Gasteiger partial charge in [0.05, 0.1) is 7.11 Å². The van der Waals surface area contributed by atoms with E-state index in [0.717, 1.165) is 18.2 Å². The van der Waals surface area contributed by atoms with Crippen molar-refractivity contribution in [3.05, 3.63) is 35.4 Å². The van der Waals surface area contributed by atoms with Crippen LogP contribution >= 0.6 is 0 Å². The molecule has 4 nitrogen and oxygen atoms in total. The molecule has 0 heterocycles. The molecule has 1 amide bonds. The molecule has 0 saturated heterocycles. The Morgan fingerprint density at radius 1 is 1.22 bits per heavy atom. The zero-order valence-electron chi connectivity index (χ0n) is 10.2. The second kappa shape index (κ2) is 5.12. The van der Waals surface area contributed by atoms with Gasteiger partial charge in [-0.05, 0) is 32.0 Å². The minimum Gasteiger partial charge on any atom is -0.467 e. The largest absolute Gasteiger partial charge is 0.467 e. The molecule has 1 rings (SSSR count). The van der Waals surface area contributed by atoms with Gasteiger partial charge in [0.2, 0.25) is 0 Å². The Hall–Kier alpha value is -1.98. The van der Waals surface area contributed by atoms with Crippen LogP contribution < -0.4 is 5.32 Å². The molecule has 0 saturated carbocycles. The van der Waals surface area contributed by atoms with E-state index in [9.17, 15) is 18.4 Å². The Balaban J connectivity index is 2.89. The molecular formula is C12H13F2NO3. The van der Waals surface area contributed by atoms with E-state index >= 15 is 0 Å². The van der Waals surface area contributed by atoms with Crippen LogP contribution in [-0.4, -0.2) is 24.5 Å². The maximum atomic E-state index is 13.0. The summed E-state index contributed by atoms with van der Waals surface area (Å²) in [7, 11) is 1.19. The summed E-state index contributed by atoms with van der Waals surface area (Å²) in [5.74, 6) is -3.50. The van der Waals surface area contributed by atoms with Crippen molar-refractivity contribution >= 4 is 11.9 Å². The smallest absolute Gasteiger partial charge is 0.330 e. The Morgan fingerprint density at radius 3 is 2.33 bits per heavy atom. The van der Waals surface area contributed by atoms with Gasteiger partial charge in [0.15, 0.2) is 11.6 Å². The highest BCUT2D eigenvalue weighted by Gasteiger charge is 2.30. The van der Waals surface area contributed by atoms with Gasteiger partial charge in [-0.15, -0.1) is 0 Å². The standard InChI is InChI=1S/C12H13F2NO3/c1-12(2,11(17)18-3)15-10(16)7-4-5-8(13)9(14)6-7/h4-6H,1-3H3,(H,15,16). The lowest BCUT2D eigenvalue weighted by atomic mass is 10.0. The van der Waals surface area contributed by atoms with Crippen LogP contribution in [0.3, 0.4) is 0 Å². The Labute approximate surface area is 103 Å². The van der Waals surface area contributed by atoms with Crippen LogP contribution in [0.4, 0.5) is 8.78 Å². The van der Waals surface area contributed by atoms with E-state index in [-0.39, 0.29) is 5.56 Å². The van der Waals surface area contributed by atoms with Gasteiger partial charge in [0.25, 0.3) is 5.91 Å². The highest BCUT2D eigenvalue weighted by Crippen LogP contribution is 2.11. The first kappa shape index (κ1) is 14.1. The number of nitrogens with one attached hydrogen (secondary N) is 1. The van der Waals surface area contributed by atoms with Crippen molar-refractivity contribution in [3.63, 3.8) is 0 Å². The van der Waals surface area contributed by atoms with Crippen molar-refractivity contribution in [1.82, 2.24) is 5.32 Å². The molecule has 0 aliphatic heterocycles. The summed E-state index contributed by atoms with van der Waals surface area (Å²) in [6, 6.07) is 2.73. The number of amides is 1. The van der Waals surface area contributed by atoms with Crippen molar-refractivity contribution in [2.45, 2.75) is 19.4 Å². The molecule has 0 atom stereocenters. The number of carbonyl (C=O) groups is 2. The maximum absolute atomic E-state index is 13.0. The van der Waals surface area contributed by atoms with Crippen molar-refractivity contribution in [1.29, 1.82) is 0 Å². The molecule has 6 heteroatoms. The quantitative estimate of drug-likeness (QED) is 0.837. The Bertz CT molecular complexity index is 486. The average Bonchev–Trinajstić information content (AvgIpc) is 2.30. The van der Waals surface area contributed by atoms with E-state index in [4.69, 9.17) is 0 Å². The molecular weight excluding hydrogens is 244 g/mol. The third-order valence-corrected chi connectivity index (χ3v) is 2.30. The molecule has 0 bridgehead atoms. The molecule has 18 heavy (non-hydrogen) atoms. The first-order chi connectivity index (χ1) is 8.27. The molecule has 0 aliphatic carbocycles. The Kier molecular flexibility index (Phi) is 4.00. The summed E-state index contributed by atoms with van der Waals surface area (Å²) in [4.78, 5) is 23.1. The SMILES string of the molecule is COC(=O)C(C)(C)NC(=O)c1ccc(F)c(F)c1. The van der Waals surface area contributed by atoms with Crippen LogP contribution in [0.2, 0.25) is 0 Å². The van der Waals surface area contributed by atoms with E-state index < -0.39 is 29.0 Å². The summed E-state index contributed by atoms with van der Waals surface area (Å²) in [5, 5.41) is 2.37. The lowest BCUT2D eigenvalue weighted by molar-refractivity contribution is -0.146. The van der Waals surface area contributed by atoms with Crippen molar-refractivity contribution in [3.8, 4) is 0 Å². The van der Waals surface area contributed by atoms with Gasteiger partial charge >= 0.3 is 5.97 Å². The third-order valence-electron chi connectivity index (χ3n) is 2.30. The molecule has 0 spiro atoms. The molecule has 1 N–H and O–H groups in total. The van der Waals surface area contributed by atoms with Crippen LogP contribution in [0.15, 0.2) is 18.2 Å². The van der Waals surface area contributed by atoms with Gasteiger partial charge in [-0.1, -0.05) is 0 Å². The second-order valence-corrected chi connectivity index (χ2v) is 4.20. The average molecular weight is 257 g/mol. The summed E-state index contributed by atoms with van der Waals surface area (Å²) in [5.41, 5.74) is -1.33. The normalized spacial score (nSPS) is 10.9. The summed E-state index contributed by atoms with van der Waals surface area (Å²) in [6.45, 7) is 2.88. The lowest BCUT2D eigenvalue weighted by Crippen LogP contribution is -2.50. The first-order valence-corrected chi connectivity index (χ1v) is 5.14. The van der Waals surface area contributed by atoms with E-state index in [1.54, 1.807) is 0 Å². The van der Waals surface area contributed by atoms with E-state index in [2.05, 4.69) is 10.1 Å². The zero-order chi connectivity index (χ0) is 13.9. The number of rotatable bonds is 3. The fraction of sp³-hybridized carbons (Fsp3) is 0.333. The highest BCUT2D eigenvalue weighted by molar-refractivity contribution is 5.97. The molecule has 0 aromatic heterocycles. The number of carbonyl (C=O) groups excluding carboxylic acids is 2. The fourth-order valence-electron chi connectivity index (χ4n) is 1.30. The zero-order valence-corrected chi connectivity index (χ0v) is 10.2. The third kappa shape index (κ3) is 3.03. The molecule has 0 fully saturated rings. The minimum absolute atomic E-state index is 0.0779. The number of hydrogen-bond donors (Lipinski definition) is 1. The topological polar surface area (TPSA) is 55.4 Å². The van der Waals surface area contributed by atoms with Crippen molar-refractivity contribution in [2.75, 3.05) is 7.11 Å². The predicted molar refractivity (Wildman–Crippen MR) is 59.9 cm³/mol. The lowest BCUT2D eigenvalue weighted by Gasteiger charge is -2.23. The monoisotopic (exact) mass is 257 g/mol. The number of ether oxygens (including phenoxy) is 1. The molecule has 98 valence electrons. The summed E-state index contributed by atoms with van der Waals surface area (Å²) < 4.78 is 30.2. The van der Waals surface area contributed by atoms with Gasteiger partial charge in [0, 0.05) is 5.56 Å². The summed E-state index contributed by atoms with van der Waals surface area (Å²) in [6.07, 6.45) is 0. The molecule has 0 radical (unpaired) electrons. The number of methoxy groups -OCH3 is 1. The molecule has 0 unspecified atom stereocenters. The van der Waals surface area contributed by atoms with Crippen molar-refractivity contribution < 1.29 is 23.1 Å². The van der Waals surface area contributed by atoms with Gasteiger partial charge in [-0.3, -0.25) is 4.79 Å². The van der Waals surface area contributed by atoms with Gasteiger partial charge in [-0.2, -0.15) is 0 Å². The van der Waals surface area contributed by atoms with Crippen LogP contribution in [-0.2, 0) is 9.53 Å². The fourth-order valence-corrected chi connectivity index (χ4v) is 1.30. The summed E-state index contributed by atoms with van der Waals surface area (Å²) >= 11 is 0. The number of esters is 1. The maximum Gasteiger partial charge on any atom is 0.330 e. The first-order valence-electron chi connectivity index (χ1n) is 5.14. The number of halogens is 2. The van der Waals surface area contributed by atoms with Gasteiger partial charge in [0.1, 0.15) is 5.54 Å². The van der Waals surface area contributed by atoms with E-state index in [1.165, 1.54) is 21.0 Å². The van der Waals surface area contributed by atoms with Crippen molar-refractivity contribution in [2.24, 2.45) is 0 Å². The molecule has 1 aromatic carbocycles. The van der Waals surface area contributed by atoms with Gasteiger partial charge < -0.3 is 10.1 Å². The predicted octanol–water partition coefficient (Wildman–Crippen LogP) is 1.65. The minimum atomic E-state index is -1.25. The Morgan fingerprint density at radius 2 is 1.83 bits per heavy atom. The second-order valence-electron chi connectivity index (χ2n) is 4.20. The number of hydrogen-bond acceptors (Lipinski definition) is 3. The van der Waals surface area contributed by atoms with Gasteiger partial charge in [-0.25, -0.2) is 13.6 Å². The van der Waals surface area contributed by atoms with Crippen LogP contribution in [0.25, 0.3) is 0 Å². The van der Waals surface area contributed by atoms with Crippen LogP contribution in [0.5, 0.6) is 0 Å². The van der Waals surface area contributed by atoms with Crippen LogP contribution in [0.1, 0.15) is 24.2 Å².